The highest BCUT2D eigenvalue weighted by atomic mass is 32.1. The SMILES string of the molecule is CC(C)(NC(=O)CCC(=O)Nc1nc(C(C)(C)C)cs1)C(=O)O. The van der Waals surface area contributed by atoms with E-state index in [2.05, 4.69) is 15.6 Å². The monoisotopic (exact) mass is 341 g/mol. The van der Waals surface area contributed by atoms with Crippen LogP contribution in [0, 0.1) is 0 Å². The lowest BCUT2D eigenvalue weighted by atomic mass is 9.93. The second kappa shape index (κ2) is 7.08. The fraction of sp³-hybridized carbons (Fsp3) is 0.600. The molecule has 1 aromatic rings. The predicted molar refractivity (Wildman–Crippen MR) is 88.5 cm³/mol. The van der Waals surface area contributed by atoms with Gasteiger partial charge in [0.25, 0.3) is 0 Å². The Morgan fingerprint density at radius 3 is 2.17 bits per heavy atom. The second-order valence-corrected chi connectivity index (χ2v) is 7.67. The summed E-state index contributed by atoms with van der Waals surface area (Å²) in [5, 5.41) is 16.3. The molecule has 0 saturated heterocycles. The van der Waals surface area contributed by atoms with Crippen LogP contribution in [0.1, 0.15) is 53.2 Å². The first kappa shape index (κ1) is 19.1. The molecule has 0 bridgehead atoms. The van der Waals surface area contributed by atoms with Gasteiger partial charge in [-0.15, -0.1) is 11.3 Å². The molecule has 0 radical (unpaired) electrons. The van der Waals surface area contributed by atoms with Gasteiger partial charge in [0.05, 0.1) is 5.69 Å². The molecule has 0 atom stereocenters. The zero-order chi connectivity index (χ0) is 17.8. The number of hydrogen-bond donors (Lipinski definition) is 3. The molecule has 2 amide bonds. The van der Waals surface area contributed by atoms with E-state index in [1.54, 1.807) is 0 Å². The van der Waals surface area contributed by atoms with E-state index in [1.165, 1.54) is 25.2 Å². The molecule has 1 rings (SSSR count). The molecule has 0 aliphatic heterocycles. The van der Waals surface area contributed by atoms with E-state index in [9.17, 15) is 14.4 Å². The number of rotatable bonds is 6. The maximum absolute atomic E-state index is 11.8. The molecule has 0 aliphatic rings. The van der Waals surface area contributed by atoms with Crippen molar-refractivity contribution in [2.75, 3.05) is 5.32 Å². The molecule has 23 heavy (non-hydrogen) atoms. The number of carboxylic acids is 1. The van der Waals surface area contributed by atoms with E-state index in [-0.39, 0.29) is 24.2 Å². The van der Waals surface area contributed by atoms with Crippen LogP contribution < -0.4 is 10.6 Å². The van der Waals surface area contributed by atoms with Gasteiger partial charge in [0, 0.05) is 23.6 Å². The Morgan fingerprint density at radius 2 is 1.70 bits per heavy atom. The lowest BCUT2D eigenvalue weighted by molar-refractivity contribution is -0.146. The Balaban J connectivity index is 2.47. The first-order chi connectivity index (χ1) is 10.4. The van der Waals surface area contributed by atoms with Crippen LogP contribution in [-0.2, 0) is 19.8 Å². The van der Waals surface area contributed by atoms with Crippen LogP contribution in [0.5, 0.6) is 0 Å². The normalized spacial score (nSPS) is 11.9. The number of hydrogen-bond acceptors (Lipinski definition) is 5. The van der Waals surface area contributed by atoms with Gasteiger partial charge in [0.15, 0.2) is 5.13 Å². The number of anilines is 1. The van der Waals surface area contributed by atoms with Gasteiger partial charge < -0.3 is 15.7 Å². The quantitative estimate of drug-likeness (QED) is 0.734. The van der Waals surface area contributed by atoms with Crippen LogP contribution in [0.4, 0.5) is 5.13 Å². The molecule has 7 nitrogen and oxygen atoms in total. The predicted octanol–water partition coefficient (Wildman–Crippen LogP) is 2.14. The molecule has 0 spiro atoms. The smallest absolute Gasteiger partial charge is 0.328 e. The summed E-state index contributed by atoms with van der Waals surface area (Å²) in [6.45, 7) is 8.86. The zero-order valence-corrected chi connectivity index (χ0v) is 14.8. The van der Waals surface area contributed by atoms with E-state index in [0.29, 0.717) is 5.13 Å². The number of carboxylic acid groups (broad SMARTS) is 1. The van der Waals surface area contributed by atoms with E-state index in [4.69, 9.17) is 5.11 Å². The van der Waals surface area contributed by atoms with Gasteiger partial charge in [-0.3, -0.25) is 9.59 Å². The third kappa shape index (κ3) is 5.97. The topological polar surface area (TPSA) is 108 Å². The lowest BCUT2D eigenvalue weighted by Crippen LogP contribution is -2.49. The van der Waals surface area contributed by atoms with Crippen LogP contribution in [0.2, 0.25) is 0 Å². The Bertz CT molecular complexity index is 602. The van der Waals surface area contributed by atoms with Gasteiger partial charge in [-0.2, -0.15) is 0 Å². The number of aromatic nitrogens is 1. The fourth-order valence-electron chi connectivity index (χ4n) is 1.55. The molecular weight excluding hydrogens is 318 g/mol. The minimum atomic E-state index is -1.36. The molecule has 128 valence electrons. The Labute approximate surface area is 139 Å². The van der Waals surface area contributed by atoms with Crippen molar-refractivity contribution in [2.45, 2.75) is 58.4 Å². The van der Waals surface area contributed by atoms with Crippen molar-refractivity contribution < 1.29 is 19.5 Å². The first-order valence-corrected chi connectivity index (χ1v) is 8.10. The van der Waals surface area contributed by atoms with Gasteiger partial charge >= 0.3 is 5.97 Å². The number of carbonyl (C=O) groups is 3. The van der Waals surface area contributed by atoms with Crippen molar-refractivity contribution in [3.8, 4) is 0 Å². The highest BCUT2D eigenvalue weighted by molar-refractivity contribution is 7.13. The van der Waals surface area contributed by atoms with Gasteiger partial charge in [-0.05, 0) is 13.8 Å². The molecule has 0 saturated carbocycles. The number of aliphatic carboxylic acids is 1. The van der Waals surface area contributed by atoms with Crippen LogP contribution in [0.3, 0.4) is 0 Å². The zero-order valence-electron chi connectivity index (χ0n) is 14.0. The van der Waals surface area contributed by atoms with Gasteiger partial charge in [0.1, 0.15) is 5.54 Å². The van der Waals surface area contributed by atoms with E-state index in [0.717, 1.165) is 5.69 Å². The van der Waals surface area contributed by atoms with Crippen molar-refractivity contribution in [1.29, 1.82) is 0 Å². The molecule has 0 fully saturated rings. The van der Waals surface area contributed by atoms with E-state index in [1.807, 2.05) is 26.2 Å². The van der Waals surface area contributed by atoms with Crippen LogP contribution in [0.15, 0.2) is 5.38 Å². The molecule has 1 aromatic heterocycles. The molecule has 1 heterocycles. The van der Waals surface area contributed by atoms with E-state index >= 15 is 0 Å². The third-order valence-corrected chi connectivity index (χ3v) is 3.84. The van der Waals surface area contributed by atoms with Crippen LogP contribution >= 0.6 is 11.3 Å². The third-order valence-electron chi connectivity index (χ3n) is 3.08. The number of nitrogens with one attached hydrogen (secondary N) is 2. The maximum atomic E-state index is 11.8. The number of thiazole rings is 1. The van der Waals surface area contributed by atoms with E-state index < -0.39 is 17.4 Å². The highest BCUT2D eigenvalue weighted by Crippen LogP contribution is 2.26. The summed E-state index contributed by atoms with van der Waals surface area (Å²) in [5.74, 6) is -1.95. The summed E-state index contributed by atoms with van der Waals surface area (Å²) in [4.78, 5) is 38.8. The van der Waals surface area contributed by atoms with Gasteiger partial charge in [-0.25, -0.2) is 9.78 Å². The summed E-state index contributed by atoms with van der Waals surface area (Å²) in [6, 6.07) is 0. The van der Waals surface area contributed by atoms with Crippen LogP contribution in [-0.4, -0.2) is 33.4 Å². The summed E-state index contributed by atoms with van der Waals surface area (Å²) >= 11 is 1.33. The highest BCUT2D eigenvalue weighted by Gasteiger charge is 2.28. The Kier molecular flexibility index (Phi) is 5.87. The average molecular weight is 341 g/mol. The molecule has 8 heteroatoms. The number of nitrogens with zero attached hydrogens (tertiary/aromatic N) is 1. The summed E-state index contributed by atoms with van der Waals surface area (Å²) in [5.41, 5.74) is -0.564. The van der Waals surface area contributed by atoms with Crippen molar-refractivity contribution >= 4 is 34.3 Å². The molecule has 0 aromatic carbocycles. The second-order valence-electron chi connectivity index (χ2n) is 6.81. The fourth-order valence-corrected chi connectivity index (χ4v) is 2.50. The van der Waals surface area contributed by atoms with Crippen molar-refractivity contribution in [1.82, 2.24) is 10.3 Å². The minimum absolute atomic E-state index is 0.0358. The molecule has 0 unspecified atom stereocenters. The summed E-state index contributed by atoms with van der Waals surface area (Å²) < 4.78 is 0. The van der Waals surface area contributed by atoms with Crippen LogP contribution in [0.25, 0.3) is 0 Å². The number of carbonyl (C=O) groups excluding carboxylic acids is 2. The molecule has 0 aliphatic carbocycles. The Morgan fingerprint density at radius 1 is 1.13 bits per heavy atom. The van der Waals surface area contributed by atoms with Gasteiger partial charge in [0.2, 0.25) is 11.8 Å². The minimum Gasteiger partial charge on any atom is -0.480 e. The summed E-state index contributed by atoms with van der Waals surface area (Å²) in [6.07, 6.45) is -0.119. The Hall–Kier alpha value is -1.96. The van der Waals surface area contributed by atoms with Crippen molar-refractivity contribution in [2.24, 2.45) is 0 Å². The molecule has 3 N–H and O–H groups in total. The van der Waals surface area contributed by atoms with Crippen molar-refractivity contribution in [3.63, 3.8) is 0 Å². The summed E-state index contributed by atoms with van der Waals surface area (Å²) in [7, 11) is 0. The lowest BCUT2D eigenvalue weighted by Gasteiger charge is -2.20. The number of amides is 2. The average Bonchev–Trinajstić information content (AvgIpc) is 2.84. The van der Waals surface area contributed by atoms with Gasteiger partial charge in [-0.1, -0.05) is 20.8 Å². The van der Waals surface area contributed by atoms with Crippen molar-refractivity contribution in [3.05, 3.63) is 11.1 Å². The first-order valence-electron chi connectivity index (χ1n) is 7.22. The maximum Gasteiger partial charge on any atom is 0.328 e. The molecular formula is C15H23N3O4S. The standard InChI is InChI=1S/C15H23N3O4S/c1-14(2,3)9-8-23-13(16-9)17-10(19)6-7-11(20)18-15(4,5)12(21)22/h8H,6-7H2,1-5H3,(H,18,20)(H,21,22)(H,16,17,19). The largest absolute Gasteiger partial charge is 0.480 e.